The van der Waals surface area contributed by atoms with Gasteiger partial charge in [-0.3, -0.25) is 4.79 Å². The van der Waals surface area contributed by atoms with Gasteiger partial charge in [0.05, 0.1) is 6.54 Å². The average Bonchev–Trinajstić information content (AvgIpc) is 3.32. The minimum absolute atomic E-state index is 0.0779. The van der Waals surface area contributed by atoms with Crippen LogP contribution in [0.1, 0.15) is 41.6 Å². The number of aromatic nitrogens is 3. The molecule has 0 aliphatic carbocycles. The van der Waals surface area contributed by atoms with Crippen molar-refractivity contribution >= 4 is 5.91 Å². The molecule has 0 N–H and O–H groups in total. The summed E-state index contributed by atoms with van der Waals surface area (Å²) < 4.78 is 7.29. The summed E-state index contributed by atoms with van der Waals surface area (Å²) in [5, 5.41) is 4.08. The van der Waals surface area contributed by atoms with Gasteiger partial charge in [-0.25, -0.2) is 0 Å². The van der Waals surface area contributed by atoms with Crippen LogP contribution in [0.5, 0.6) is 0 Å². The quantitative estimate of drug-likeness (QED) is 0.707. The van der Waals surface area contributed by atoms with E-state index in [-0.39, 0.29) is 5.91 Å². The fraction of sp³-hybridized carbons (Fsp3) is 0.381. The first-order valence-corrected chi connectivity index (χ1v) is 9.44. The standard InChI is InChI=1S/C21H24N4O2/c1-15-5-7-17(8-6-15)20-22-19(23-27-20)14-25-11-3-4-18(25)21(26)24-12-9-16(2)10-13-24/h3-8,11,16H,9-10,12-14H2,1-2H3. The van der Waals surface area contributed by atoms with E-state index in [0.717, 1.165) is 31.5 Å². The van der Waals surface area contributed by atoms with Gasteiger partial charge in [0, 0.05) is 24.8 Å². The Balaban J connectivity index is 1.49. The zero-order valence-electron chi connectivity index (χ0n) is 15.8. The number of piperidine rings is 1. The molecule has 27 heavy (non-hydrogen) atoms. The lowest BCUT2D eigenvalue weighted by Crippen LogP contribution is -2.38. The molecule has 0 saturated carbocycles. The number of hydrogen-bond donors (Lipinski definition) is 0. The number of hydrogen-bond acceptors (Lipinski definition) is 4. The van der Waals surface area contributed by atoms with Crippen LogP contribution in [-0.4, -0.2) is 38.6 Å². The number of carbonyl (C=O) groups is 1. The number of amides is 1. The number of benzene rings is 1. The highest BCUT2D eigenvalue weighted by Gasteiger charge is 2.23. The smallest absolute Gasteiger partial charge is 0.270 e. The van der Waals surface area contributed by atoms with Gasteiger partial charge in [0.25, 0.3) is 11.8 Å². The van der Waals surface area contributed by atoms with Crippen LogP contribution < -0.4 is 0 Å². The summed E-state index contributed by atoms with van der Waals surface area (Å²) in [6.07, 6.45) is 4.02. The van der Waals surface area contributed by atoms with Crippen LogP contribution in [0.25, 0.3) is 11.5 Å². The zero-order valence-corrected chi connectivity index (χ0v) is 15.8. The van der Waals surface area contributed by atoms with E-state index in [1.54, 1.807) is 0 Å². The van der Waals surface area contributed by atoms with Gasteiger partial charge in [-0.2, -0.15) is 4.98 Å². The Kier molecular flexibility index (Phi) is 4.79. The molecule has 1 amide bonds. The fourth-order valence-electron chi connectivity index (χ4n) is 3.40. The highest BCUT2D eigenvalue weighted by Crippen LogP contribution is 2.20. The van der Waals surface area contributed by atoms with E-state index in [2.05, 4.69) is 17.1 Å². The fourth-order valence-corrected chi connectivity index (χ4v) is 3.40. The van der Waals surface area contributed by atoms with Crippen molar-refractivity contribution in [3.05, 3.63) is 59.7 Å². The molecule has 1 aromatic carbocycles. The van der Waals surface area contributed by atoms with Crippen LogP contribution in [0, 0.1) is 12.8 Å². The molecule has 0 radical (unpaired) electrons. The Morgan fingerprint density at radius 2 is 1.93 bits per heavy atom. The van der Waals surface area contributed by atoms with Gasteiger partial charge < -0.3 is 14.0 Å². The van der Waals surface area contributed by atoms with E-state index < -0.39 is 0 Å². The predicted octanol–water partition coefficient (Wildman–Crippen LogP) is 3.77. The molecule has 3 heterocycles. The third kappa shape index (κ3) is 3.79. The first-order chi connectivity index (χ1) is 13.1. The normalized spacial score (nSPS) is 15.3. The summed E-state index contributed by atoms with van der Waals surface area (Å²) in [5.41, 5.74) is 2.75. The maximum absolute atomic E-state index is 12.9. The van der Waals surface area contributed by atoms with Gasteiger partial charge in [-0.05, 0) is 49.9 Å². The number of aryl methyl sites for hydroxylation is 1. The van der Waals surface area contributed by atoms with Gasteiger partial charge in [0.15, 0.2) is 5.82 Å². The summed E-state index contributed by atoms with van der Waals surface area (Å²) in [6.45, 7) is 6.34. The van der Waals surface area contributed by atoms with Gasteiger partial charge in [-0.15, -0.1) is 0 Å². The van der Waals surface area contributed by atoms with Gasteiger partial charge in [0.1, 0.15) is 5.69 Å². The van der Waals surface area contributed by atoms with Crippen molar-refractivity contribution in [3.63, 3.8) is 0 Å². The second-order valence-corrected chi connectivity index (χ2v) is 7.38. The van der Waals surface area contributed by atoms with E-state index in [0.29, 0.717) is 29.9 Å². The summed E-state index contributed by atoms with van der Waals surface area (Å²) in [7, 11) is 0. The first kappa shape index (κ1) is 17.5. The number of carbonyl (C=O) groups excluding carboxylic acids is 1. The van der Waals surface area contributed by atoms with Crippen molar-refractivity contribution in [2.45, 2.75) is 33.2 Å². The van der Waals surface area contributed by atoms with Crippen molar-refractivity contribution in [2.75, 3.05) is 13.1 Å². The highest BCUT2D eigenvalue weighted by atomic mass is 16.5. The molecule has 6 nitrogen and oxygen atoms in total. The summed E-state index contributed by atoms with van der Waals surface area (Å²) in [5.74, 6) is 1.83. The Bertz CT molecular complexity index is 918. The molecule has 6 heteroatoms. The molecule has 0 spiro atoms. The Labute approximate surface area is 158 Å². The molecular weight excluding hydrogens is 340 g/mol. The van der Waals surface area contributed by atoms with Crippen LogP contribution in [0.2, 0.25) is 0 Å². The third-order valence-corrected chi connectivity index (χ3v) is 5.20. The summed E-state index contributed by atoms with van der Waals surface area (Å²) in [4.78, 5) is 19.3. The van der Waals surface area contributed by atoms with E-state index in [1.807, 2.05) is 59.0 Å². The number of rotatable bonds is 4. The average molecular weight is 364 g/mol. The van der Waals surface area contributed by atoms with E-state index in [4.69, 9.17) is 4.52 Å². The molecule has 1 saturated heterocycles. The van der Waals surface area contributed by atoms with Crippen LogP contribution in [0.3, 0.4) is 0 Å². The molecule has 0 atom stereocenters. The van der Waals surface area contributed by atoms with Crippen LogP contribution in [-0.2, 0) is 6.54 Å². The SMILES string of the molecule is Cc1ccc(-c2nc(Cn3cccc3C(=O)N3CCC(C)CC3)no2)cc1. The number of nitrogens with zero attached hydrogens (tertiary/aromatic N) is 4. The summed E-state index contributed by atoms with van der Waals surface area (Å²) in [6, 6.07) is 11.7. The third-order valence-electron chi connectivity index (χ3n) is 5.20. The molecule has 1 aliphatic heterocycles. The van der Waals surface area contributed by atoms with Crippen molar-refractivity contribution in [3.8, 4) is 11.5 Å². The molecule has 4 rings (SSSR count). The highest BCUT2D eigenvalue weighted by molar-refractivity contribution is 5.92. The second-order valence-electron chi connectivity index (χ2n) is 7.38. The molecule has 1 aliphatic rings. The lowest BCUT2D eigenvalue weighted by Gasteiger charge is -2.30. The maximum Gasteiger partial charge on any atom is 0.270 e. The predicted molar refractivity (Wildman–Crippen MR) is 102 cm³/mol. The minimum Gasteiger partial charge on any atom is -0.337 e. The van der Waals surface area contributed by atoms with E-state index >= 15 is 0 Å². The Morgan fingerprint density at radius 1 is 1.19 bits per heavy atom. The lowest BCUT2D eigenvalue weighted by atomic mass is 9.99. The van der Waals surface area contributed by atoms with Gasteiger partial charge in [-0.1, -0.05) is 29.8 Å². The largest absolute Gasteiger partial charge is 0.337 e. The van der Waals surface area contributed by atoms with E-state index in [1.165, 1.54) is 5.56 Å². The molecule has 2 aromatic heterocycles. The maximum atomic E-state index is 12.9. The molecule has 140 valence electrons. The first-order valence-electron chi connectivity index (χ1n) is 9.44. The van der Waals surface area contributed by atoms with Crippen LogP contribution in [0.15, 0.2) is 47.1 Å². The topological polar surface area (TPSA) is 64.2 Å². The molecule has 3 aromatic rings. The van der Waals surface area contributed by atoms with Crippen molar-refractivity contribution < 1.29 is 9.32 Å². The molecule has 0 bridgehead atoms. The Hall–Kier alpha value is -2.89. The van der Waals surface area contributed by atoms with Crippen LogP contribution in [0.4, 0.5) is 0 Å². The molecular formula is C21H24N4O2. The number of likely N-dealkylation sites (tertiary alicyclic amines) is 1. The van der Waals surface area contributed by atoms with Crippen molar-refractivity contribution in [1.29, 1.82) is 0 Å². The minimum atomic E-state index is 0.0779. The van der Waals surface area contributed by atoms with Crippen molar-refractivity contribution in [1.82, 2.24) is 19.6 Å². The van der Waals surface area contributed by atoms with Crippen molar-refractivity contribution in [2.24, 2.45) is 5.92 Å². The van der Waals surface area contributed by atoms with Crippen LogP contribution >= 0.6 is 0 Å². The monoisotopic (exact) mass is 364 g/mol. The lowest BCUT2D eigenvalue weighted by molar-refractivity contribution is 0.0686. The molecule has 1 fully saturated rings. The summed E-state index contributed by atoms with van der Waals surface area (Å²) >= 11 is 0. The van der Waals surface area contributed by atoms with E-state index in [9.17, 15) is 4.79 Å². The second kappa shape index (κ2) is 7.39. The molecule has 0 unspecified atom stereocenters. The zero-order chi connectivity index (χ0) is 18.8. The van der Waals surface area contributed by atoms with Gasteiger partial charge >= 0.3 is 0 Å². The van der Waals surface area contributed by atoms with Gasteiger partial charge in [0.2, 0.25) is 0 Å². The Morgan fingerprint density at radius 3 is 2.67 bits per heavy atom.